The van der Waals surface area contributed by atoms with Gasteiger partial charge >= 0.3 is 0 Å². The van der Waals surface area contributed by atoms with Crippen molar-refractivity contribution in [3.8, 4) is 33.8 Å². The maximum Gasteiger partial charge on any atom is 0.262 e. The molecule has 6 heterocycles. The van der Waals surface area contributed by atoms with Crippen LogP contribution in [0.15, 0.2) is 91.4 Å². The fourth-order valence-electron chi connectivity index (χ4n) is 9.38. The molecule has 0 bridgehead atoms. The summed E-state index contributed by atoms with van der Waals surface area (Å²) >= 11 is 0. The number of piperidine rings is 2. The molecule has 5 aromatic rings. The molecule has 298 valence electrons. The molecule has 3 aromatic carbocycles. The maximum atomic E-state index is 13.3. The second-order valence-corrected chi connectivity index (χ2v) is 16.2. The quantitative estimate of drug-likeness (QED) is 0.184. The Morgan fingerprint density at radius 3 is 2.22 bits per heavy atom. The summed E-state index contributed by atoms with van der Waals surface area (Å²) in [6.45, 7) is 5.31. The molecule has 59 heavy (non-hydrogen) atoms. The minimum absolute atomic E-state index is 0.0982. The highest BCUT2D eigenvalue weighted by molar-refractivity contribution is 6.23. The van der Waals surface area contributed by atoms with Gasteiger partial charge in [-0.15, -0.1) is 0 Å². The van der Waals surface area contributed by atoms with E-state index in [0.717, 1.165) is 108 Å². The van der Waals surface area contributed by atoms with E-state index in [0.29, 0.717) is 36.0 Å². The number of hydrogen-bond donors (Lipinski definition) is 1. The van der Waals surface area contributed by atoms with Crippen molar-refractivity contribution in [2.75, 3.05) is 44.2 Å². The molecule has 1 atom stereocenters. The van der Waals surface area contributed by atoms with E-state index in [-0.39, 0.29) is 24.5 Å². The topological polar surface area (TPSA) is 147 Å². The van der Waals surface area contributed by atoms with Gasteiger partial charge in [-0.1, -0.05) is 18.2 Å². The van der Waals surface area contributed by atoms with E-state index in [4.69, 9.17) is 9.84 Å². The number of hydrogen-bond acceptors (Lipinski definition) is 10. The van der Waals surface area contributed by atoms with Gasteiger partial charge in [0.05, 0.1) is 16.8 Å². The highest BCUT2D eigenvalue weighted by Gasteiger charge is 2.45. The lowest BCUT2D eigenvalue weighted by Gasteiger charge is -2.47. The second kappa shape index (κ2) is 15.0. The Hall–Kier alpha value is -6.47. The average Bonchev–Trinajstić information content (AvgIpc) is 3.92. The minimum atomic E-state index is -0.963. The molecule has 10 rings (SSSR count). The Labute approximate surface area is 341 Å². The molecule has 0 radical (unpaired) electrons. The Morgan fingerprint density at radius 2 is 1.44 bits per heavy atom. The SMILES string of the molecule is O=C1CCC(N2C(=O)c3ccc(N4CC(C5CCN(CCOc6ccc(-n7cc(-c8ccc9c(c8)CCC9=O)c(-c8ccncc8)n7)cc6)CC5)C4)cc3C2=O)C(=O)N1. The summed E-state index contributed by atoms with van der Waals surface area (Å²) in [5.74, 6) is 0.281. The number of Topliss-reactive ketones (excluding diaryl/α,β-unsaturated/α-hetero) is 1. The standard InChI is InChI=1S/C46H43N7O6/c54-41-11-2-30-23-31(1-8-36(30)41)39-27-52(49-43(39)29-13-17-47-18-14-29)33-3-6-35(7-4-33)59-22-21-50-19-15-28(16-20-50)32-25-51(26-32)34-5-9-37-38(24-34)46(58)53(45(37)57)40-10-12-42(55)48-44(40)56/h1,3-9,13-14,17-18,23-24,27-28,32,40H,2,10-12,15-16,19-22,25-26H2,(H,48,55,56). The number of carbonyl (C=O) groups is 5. The first kappa shape index (κ1) is 36.8. The minimum Gasteiger partial charge on any atom is -0.492 e. The molecule has 1 aliphatic carbocycles. The van der Waals surface area contributed by atoms with E-state index in [1.54, 1.807) is 24.5 Å². The maximum absolute atomic E-state index is 13.3. The van der Waals surface area contributed by atoms with Crippen LogP contribution < -0.4 is 15.0 Å². The van der Waals surface area contributed by atoms with Gasteiger partial charge in [-0.2, -0.15) is 5.10 Å². The van der Waals surface area contributed by atoms with Crippen molar-refractivity contribution in [1.29, 1.82) is 0 Å². The summed E-state index contributed by atoms with van der Waals surface area (Å²) in [7, 11) is 0. The van der Waals surface area contributed by atoms with Crippen LogP contribution in [0.2, 0.25) is 0 Å². The lowest BCUT2D eigenvalue weighted by Crippen LogP contribution is -2.54. The van der Waals surface area contributed by atoms with Crippen LogP contribution in [0.3, 0.4) is 0 Å². The molecule has 1 unspecified atom stereocenters. The molecule has 2 aromatic heterocycles. The van der Waals surface area contributed by atoms with Crippen LogP contribution in [-0.2, 0) is 16.0 Å². The van der Waals surface area contributed by atoms with Crippen molar-refractivity contribution < 1.29 is 28.7 Å². The number of anilines is 1. The largest absolute Gasteiger partial charge is 0.492 e. The average molecular weight is 790 g/mol. The zero-order valence-corrected chi connectivity index (χ0v) is 32.5. The Morgan fingerprint density at radius 1 is 0.695 bits per heavy atom. The van der Waals surface area contributed by atoms with E-state index >= 15 is 0 Å². The first-order valence-electron chi connectivity index (χ1n) is 20.5. The van der Waals surface area contributed by atoms with Crippen LogP contribution >= 0.6 is 0 Å². The van der Waals surface area contributed by atoms with Crippen LogP contribution in [0.1, 0.15) is 68.7 Å². The van der Waals surface area contributed by atoms with Crippen LogP contribution in [0, 0.1) is 11.8 Å². The van der Waals surface area contributed by atoms with E-state index in [1.165, 1.54) is 0 Å². The zero-order chi connectivity index (χ0) is 40.2. The third kappa shape index (κ3) is 6.88. The molecule has 3 fully saturated rings. The lowest BCUT2D eigenvalue weighted by atomic mass is 9.79. The Balaban J connectivity index is 0.706. The summed E-state index contributed by atoms with van der Waals surface area (Å²) < 4.78 is 8.09. The third-order valence-corrected chi connectivity index (χ3v) is 12.8. The van der Waals surface area contributed by atoms with Gasteiger partial charge in [0.25, 0.3) is 11.8 Å². The van der Waals surface area contributed by atoms with E-state index < -0.39 is 23.8 Å². The summed E-state index contributed by atoms with van der Waals surface area (Å²) in [4.78, 5) is 72.7. The van der Waals surface area contributed by atoms with Gasteiger partial charge in [0.1, 0.15) is 24.1 Å². The van der Waals surface area contributed by atoms with Crippen LogP contribution in [-0.4, -0.2) is 99.3 Å². The van der Waals surface area contributed by atoms with Gasteiger partial charge in [0.15, 0.2) is 5.78 Å². The van der Waals surface area contributed by atoms with Crippen molar-refractivity contribution in [2.24, 2.45) is 11.8 Å². The van der Waals surface area contributed by atoms with E-state index in [1.807, 2.05) is 65.5 Å². The number of aryl methyl sites for hydroxylation is 1. The predicted molar refractivity (Wildman–Crippen MR) is 218 cm³/mol. The molecule has 4 amide bonds. The lowest BCUT2D eigenvalue weighted by molar-refractivity contribution is -0.136. The molecule has 1 N–H and O–H groups in total. The number of pyridine rings is 1. The van der Waals surface area contributed by atoms with Gasteiger partial charge in [-0.05, 0) is 116 Å². The number of nitrogens with zero attached hydrogens (tertiary/aromatic N) is 6. The predicted octanol–water partition coefficient (Wildman–Crippen LogP) is 5.36. The van der Waals surface area contributed by atoms with Gasteiger partial charge < -0.3 is 9.64 Å². The van der Waals surface area contributed by atoms with Crippen LogP contribution in [0.4, 0.5) is 5.69 Å². The Kier molecular flexibility index (Phi) is 9.39. The molecule has 5 aliphatic rings. The zero-order valence-electron chi connectivity index (χ0n) is 32.5. The molecule has 4 aliphatic heterocycles. The van der Waals surface area contributed by atoms with Gasteiger partial charge in [-0.3, -0.25) is 44.1 Å². The van der Waals surface area contributed by atoms with Gasteiger partial charge in [-0.25, -0.2) is 4.68 Å². The number of aromatic nitrogens is 3. The fraction of sp³-hybridized carbons (Fsp3) is 0.326. The molecule has 13 nitrogen and oxygen atoms in total. The number of ether oxygens (including phenoxy) is 1. The van der Waals surface area contributed by atoms with Crippen molar-refractivity contribution in [3.05, 3.63) is 114 Å². The van der Waals surface area contributed by atoms with Crippen LogP contribution in [0.5, 0.6) is 5.75 Å². The molecule has 3 saturated heterocycles. The summed E-state index contributed by atoms with van der Waals surface area (Å²) in [5, 5.41) is 7.25. The number of imide groups is 2. The normalized spacial score (nSPS) is 19.9. The molecule has 0 saturated carbocycles. The molecular weight excluding hydrogens is 747 g/mol. The van der Waals surface area contributed by atoms with Gasteiger partial charge in [0.2, 0.25) is 11.8 Å². The second-order valence-electron chi connectivity index (χ2n) is 16.2. The van der Waals surface area contributed by atoms with Crippen molar-refractivity contribution >= 4 is 35.1 Å². The summed E-state index contributed by atoms with van der Waals surface area (Å²) in [6.07, 6.45) is 9.42. The number of amides is 4. The monoisotopic (exact) mass is 789 g/mol. The van der Waals surface area contributed by atoms with Crippen molar-refractivity contribution in [2.45, 2.75) is 44.6 Å². The Bertz CT molecular complexity index is 2500. The smallest absolute Gasteiger partial charge is 0.262 e. The fourth-order valence-corrected chi connectivity index (χ4v) is 9.38. The highest BCUT2D eigenvalue weighted by Crippen LogP contribution is 2.38. The third-order valence-electron chi connectivity index (χ3n) is 12.8. The number of benzene rings is 3. The molecule has 13 heteroatoms. The molecular formula is C46H43N7O6. The van der Waals surface area contributed by atoms with Crippen LogP contribution in [0.25, 0.3) is 28.1 Å². The number of nitrogens with one attached hydrogen (secondary N) is 1. The van der Waals surface area contributed by atoms with E-state index in [2.05, 4.69) is 26.2 Å². The summed E-state index contributed by atoms with van der Waals surface area (Å²) in [6, 6.07) is 22.4. The number of ketones is 1. The first-order valence-corrected chi connectivity index (χ1v) is 20.5. The van der Waals surface area contributed by atoms with Gasteiger partial charge in [0, 0.05) is 73.4 Å². The number of rotatable bonds is 10. The molecule has 0 spiro atoms. The summed E-state index contributed by atoms with van der Waals surface area (Å²) in [5.41, 5.74) is 8.23. The highest BCUT2D eigenvalue weighted by atomic mass is 16.5. The number of fused-ring (bicyclic) bond motifs is 2. The first-order chi connectivity index (χ1) is 28.8. The van der Waals surface area contributed by atoms with E-state index in [9.17, 15) is 24.0 Å². The number of carbonyl (C=O) groups excluding carboxylic acids is 5. The number of likely N-dealkylation sites (tertiary alicyclic amines) is 1. The van der Waals surface area contributed by atoms with Crippen molar-refractivity contribution in [1.82, 2.24) is 29.9 Å². The van der Waals surface area contributed by atoms with Crippen molar-refractivity contribution in [3.63, 3.8) is 0 Å².